The van der Waals surface area contributed by atoms with Crippen LogP contribution in [0.1, 0.15) is 27.7 Å². The molecular formula is C12H19N3O. The average molecular weight is 221 g/mol. The molecular weight excluding hydrogens is 202 g/mol. The fourth-order valence-electron chi connectivity index (χ4n) is 1.21. The van der Waals surface area contributed by atoms with Gasteiger partial charge in [0.25, 0.3) is 0 Å². The van der Waals surface area contributed by atoms with Crippen molar-refractivity contribution in [3.05, 3.63) is 24.4 Å². The summed E-state index contributed by atoms with van der Waals surface area (Å²) in [5.41, 5.74) is -0.211. The summed E-state index contributed by atoms with van der Waals surface area (Å²) >= 11 is 0. The van der Waals surface area contributed by atoms with Crippen molar-refractivity contribution in [3.8, 4) is 0 Å². The molecule has 1 rings (SSSR count). The molecule has 1 aromatic rings. The zero-order valence-electron chi connectivity index (χ0n) is 10.2. The average Bonchev–Trinajstić information content (AvgIpc) is 2.16. The molecule has 0 radical (unpaired) electrons. The van der Waals surface area contributed by atoms with E-state index in [2.05, 4.69) is 15.6 Å². The van der Waals surface area contributed by atoms with E-state index in [1.807, 2.05) is 45.9 Å². The van der Waals surface area contributed by atoms with Gasteiger partial charge in [-0.1, -0.05) is 6.07 Å². The van der Waals surface area contributed by atoms with Gasteiger partial charge in [0.2, 0.25) is 5.91 Å². The molecule has 88 valence electrons. The van der Waals surface area contributed by atoms with Crippen molar-refractivity contribution in [1.29, 1.82) is 0 Å². The van der Waals surface area contributed by atoms with E-state index in [4.69, 9.17) is 0 Å². The van der Waals surface area contributed by atoms with Crippen molar-refractivity contribution in [3.63, 3.8) is 0 Å². The molecule has 0 unspecified atom stereocenters. The Labute approximate surface area is 96.5 Å². The molecule has 0 aliphatic rings. The molecule has 0 bridgehead atoms. The summed E-state index contributed by atoms with van der Waals surface area (Å²) in [5.74, 6) is 0.678. The monoisotopic (exact) mass is 221 g/mol. The minimum Gasteiger partial charge on any atom is -0.359 e. The zero-order chi connectivity index (χ0) is 12.2. The molecule has 0 saturated heterocycles. The molecule has 0 saturated carbocycles. The van der Waals surface area contributed by atoms with Gasteiger partial charge in [0, 0.05) is 11.7 Å². The van der Waals surface area contributed by atoms with Crippen molar-refractivity contribution < 1.29 is 4.79 Å². The molecule has 0 aliphatic carbocycles. The van der Waals surface area contributed by atoms with E-state index < -0.39 is 0 Å². The Hall–Kier alpha value is -1.58. The van der Waals surface area contributed by atoms with E-state index in [0.717, 1.165) is 0 Å². The summed E-state index contributed by atoms with van der Waals surface area (Å²) in [6.07, 6.45) is 1.69. The molecule has 0 spiro atoms. The van der Waals surface area contributed by atoms with E-state index in [-0.39, 0.29) is 17.5 Å². The molecule has 1 atom stereocenters. The van der Waals surface area contributed by atoms with Crippen LogP contribution in [0.2, 0.25) is 0 Å². The number of nitrogens with zero attached hydrogens (tertiary/aromatic N) is 1. The summed E-state index contributed by atoms with van der Waals surface area (Å²) < 4.78 is 0. The van der Waals surface area contributed by atoms with Gasteiger partial charge in [0.05, 0.1) is 0 Å². The van der Waals surface area contributed by atoms with Crippen molar-refractivity contribution >= 4 is 11.7 Å². The van der Waals surface area contributed by atoms with E-state index in [1.165, 1.54) is 0 Å². The van der Waals surface area contributed by atoms with Crippen molar-refractivity contribution in [2.45, 2.75) is 39.3 Å². The highest BCUT2D eigenvalue weighted by atomic mass is 16.2. The SMILES string of the molecule is C[C@H](Nc1ccccn1)C(=O)NC(C)(C)C. The maximum absolute atomic E-state index is 11.8. The zero-order valence-corrected chi connectivity index (χ0v) is 10.2. The number of anilines is 1. The molecule has 1 aromatic heterocycles. The second kappa shape index (κ2) is 4.96. The van der Waals surface area contributed by atoms with Gasteiger partial charge in [0.15, 0.2) is 0 Å². The van der Waals surface area contributed by atoms with Gasteiger partial charge in [-0.3, -0.25) is 4.79 Å². The van der Waals surface area contributed by atoms with Crippen molar-refractivity contribution in [2.75, 3.05) is 5.32 Å². The number of hydrogen-bond donors (Lipinski definition) is 2. The maximum Gasteiger partial charge on any atom is 0.242 e. The van der Waals surface area contributed by atoms with Crippen LogP contribution in [-0.2, 0) is 4.79 Å². The van der Waals surface area contributed by atoms with Crippen LogP contribution in [0.5, 0.6) is 0 Å². The molecule has 2 N–H and O–H groups in total. The normalized spacial score (nSPS) is 13.0. The number of rotatable bonds is 3. The smallest absolute Gasteiger partial charge is 0.242 e. The summed E-state index contributed by atoms with van der Waals surface area (Å²) in [5, 5.41) is 5.95. The Bertz CT molecular complexity index is 343. The van der Waals surface area contributed by atoms with Crippen molar-refractivity contribution in [2.24, 2.45) is 0 Å². The van der Waals surface area contributed by atoms with Crippen LogP contribution in [0.3, 0.4) is 0 Å². The number of nitrogens with one attached hydrogen (secondary N) is 2. The molecule has 0 aliphatic heterocycles. The van der Waals surface area contributed by atoms with Gasteiger partial charge in [0.1, 0.15) is 11.9 Å². The third-order valence-electron chi connectivity index (χ3n) is 1.92. The highest BCUT2D eigenvalue weighted by Gasteiger charge is 2.18. The molecule has 0 aromatic carbocycles. The minimum absolute atomic E-state index is 0.0295. The molecule has 0 fully saturated rings. The Kier molecular flexibility index (Phi) is 3.88. The predicted molar refractivity (Wildman–Crippen MR) is 65.2 cm³/mol. The van der Waals surface area contributed by atoms with E-state index in [0.29, 0.717) is 5.82 Å². The third-order valence-corrected chi connectivity index (χ3v) is 1.92. The molecule has 4 heteroatoms. The fraction of sp³-hybridized carbons (Fsp3) is 0.500. The number of carbonyl (C=O) groups is 1. The Morgan fingerprint density at radius 3 is 2.56 bits per heavy atom. The summed E-state index contributed by atoms with van der Waals surface area (Å²) in [6, 6.07) is 5.25. The highest BCUT2D eigenvalue weighted by molar-refractivity contribution is 5.84. The molecule has 4 nitrogen and oxygen atoms in total. The van der Waals surface area contributed by atoms with Crippen LogP contribution in [0.15, 0.2) is 24.4 Å². The first kappa shape index (κ1) is 12.5. The van der Waals surface area contributed by atoms with Crippen LogP contribution >= 0.6 is 0 Å². The minimum atomic E-state index is -0.297. The first-order chi connectivity index (χ1) is 7.38. The number of pyridine rings is 1. The standard InChI is InChI=1S/C12H19N3O/c1-9(11(16)15-12(2,3)4)14-10-7-5-6-8-13-10/h5-9H,1-4H3,(H,13,14)(H,15,16)/t9-/m0/s1. The number of carbonyl (C=O) groups excluding carboxylic acids is 1. The predicted octanol–water partition coefficient (Wildman–Crippen LogP) is 1.80. The van der Waals surface area contributed by atoms with E-state index in [9.17, 15) is 4.79 Å². The quantitative estimate of drug-likeness (QED) is 0.818. The summed E-state index contributed by atoms with van der Waals surface area (Å²) in [7, 11) is 0. The van der Waals surface area contributed by atoms with Crippen LogP contribution in [0.25, 0.3) is 0 Å². The first-order valence-electron chi connectivity index (χ1n) is 5.38. The molecule has 1 amide bonds. The van der Waals surface area contributed by atoms with Gasteiger partial charge < -0.3 is 10.6 Å². The third kappa shape index (κ3) is 4.29. The Morgan fingerprint density at radius 2 is 2.06 bits per heavy atom. The lowest BCUT2D eigenvalue weighted by atomic mass is 10.1. The van der Waals surface area contributed by atoms with Crippen LogP contribution in [0, 0.1) is 0 Å². The van der Waals surface area contributed by atoms with Crippen LogP contribution in [0.4, 0.5) is 5.82 Å². The highest BCUT2D eigenvalue weighted by Crippen LogP contribution is 2.04. The summed E-state index contributed by atoms with van der Waals surface area (Å²) in [4.78, 5) is 15.9. The lowest BCUT2D eigenvalue weighted by Gasteiger charge is -2.23. The first-order valence-corrected chi connectivity index (χ1v) is 5.38. The van der Waals surface area contributed by atoms with E-state index >= 15 is 0 Å². The van der Waals surface area contributed by atoms with Gasteiger partial charge in [-0.15, -0.1) is 0 Å². The molecule has 16 heavy (non-hydrogen) atoms. The number of aromatic nitrogens is 1. The Morgan fingerprint density at radius 1 is 1.38 bits per heavy atom. The van der Waals surface area contributed by atoms with Gasteiger partial charge in [-0.25, -0.2) is 4.98 Å². The van der Waals surface area contributed by atoms with Crippen LogP contribution < -0.4 is 10.6 Å². The molecule has 1 heterocycles. The lowest BCUT2D eigenvalue weighted by molar-refractivity contribution is -0.122. The second-order valence-electron chi connectivity index (χ2n) is 4.82. The number of hydrogen-bond acceptors (Lipinski definition) is 3. The van der Waals surface area contributed by atoms with Gasteiger partial charge in [-0.05, 0) is 39.8 Å². The second-order valence-corrected chi connectivity index (χ2v) is 4.82. The summed E-state index contributed by atoms with van der Waals surface area (Å²) in [6.45, 7) is 7.69. The van der Waals surface area contributed by atoms with Crippen molar-refractivity contribution in [1.82, 2.24) is 10.3 Å². The topological polar surface area (TPSA) is 54.0 Å². The van der Waals surface area contributed by atoms with Gasteiger partial charge in [-0.2, -0.15) is 0 Å². The fourth-order valence-corrected chi connectivity index (χ4v) is 1.21. The number of amides is 1. The largest absolute Gasteiger partial charge is 0.359 e. The van der Waals surface area contributed by atoms with Crippen LogP contribution in [-0.4, -0.2) is 22.5 Å². The maximum atomic E-state index is 11.8. The van der Waals surface area contributed by atoms with E-state index in [1.54, 1.807) is 6.20 Å². The van der Waals surface area contributed by atoms with Gasteiger partial charge >= 0.3 is 0 Å². The Balaban J connectivity index is 2.53. The lowest BCUT2D eigenvalue weighted by Crippen LogP contribution is -2.47.